The fourth-order valence-electron chi connectivity index (χ4n) is 3.01. The van der Waals surface area contributed by atoms with Crippen LogP contribution in [0.1, 0.15) is 5.56 Å². The number of anilines is 3. The minimum atomic E-state index is -0.919. The summed E-state index contributed by atoms with van der Waals surface area (Å²) >= 11 is 0. The molecule has 4 N–H and O–H groups in total. The minimum absolute atomic E-state index is 0.0178. The van der Waals surface area contributed by atoms with E-state index in [9.17, 15) is 10.2 Å². The molecule has 0 aromatic heterocycles. The van der Waals surface area contributed by atoms with E-state index in [-0.39, 0.29) is 26.4 Å². The maximum Gasteiger partial charge on any atom is 0.119 e. The molecule has 0 spiro atoms. The van der Waals surface area contributed by atoms with Gasteiger partial charge in [-0.2, -0.15) is 0 Å². The van der Waals surface area contributed by atoms with Crippen LogP contribution in [-0.2, 0) is 0 Å². The molecule has 32 heavy (non-hydrogen) atoms. The van der Waals surface area contributed by atoms with E-state index >= 15 is 0 Å². The minimum Gasteiger partial charge on any atom is -0.491 e. The fourth-order valence-corrected chi connectivity index (χ4v) is 3.01. The summed E-state index contributed by atoms with van der Waals surface area (Å²) in [6.45, 7) is 1.37. The number of aryl methyl sites for hydroxylation is 1. The lowest BCUT2D eigenvalue weighted by molar-refractivity contribution is 0.0536. The van der Waals surface area contributed by atoms with Gasteiger partial charge in [-0.1, -0.05) is 17.7 Å². The topological polar surface area (TPSA) is 103 Å². The third kappa shape index (κ3) is 6.45. The number of hydrogen-bond acceptors (Lipinski definition) is 7. The molecule has 0 fully saturated rings. The highest BCUT2D eigenvalue weighted by atomic mass is 16.5. The third-order valence-electron chi connectivity index (χ3n) is 4.79. The van der Waals surface area contributed by atoms with Crippen LogP contribution in [0.25, 0.3) is 0 Å². The SMILES string of the molecule is Cc1ccc(N(c2ccc(OCC(O)CO)cc2)c2ccc(OCC(O)CO)cc2)cc1. The summed E-state index contributed by atoms with van der Waals surface area (Å²) in [4.78, 5) is 2.08. The molecule has 0 radical (unpaired) electrons. The molecule has 0 saturated heterocycles. The molecule has 3 aromatic rings. The molecule has 3 rings (SSSR count). The lowest BCUT2D eigenvalue weighted by atomic mass is 10.1. The maximum atomic E-state index is 9.47. The fraction of sp³-hybridized carbons (Fsp3) is 0.280. The summed E-state index contributed by atoms with van der Waals surface area (Å²) in [5, 5.41) is 36.8. The van der Waals surface area contributed by atoms with Crippen LogP contribution >= 0.6 is 0 Å². The van der Waals surface area contributed by atoms with Gasteiger partial charge in [-0.25, -0.2) is 0 Å². The Morgan fingerprint density at radius 2 is 0.969 bits per heavy atom. The van der Waals surface area contributed by atoms with Crippen LogP contribution in [0.5, 0.6) is 11.5 Å². The van der Waals surface area contributed by atoms with Crippen molar-refractivity contribution in [1.82, 2.24) is 0 Å². The lowest BCUT2D eigenvalue weighted by Gasteiger charge is -2.26. The Bertz CT molecular complexity index is 886. The molecule has 7 nitrogen and oxygen atoms in total. The van der Waals surface area contributed by atoms with Gasteiger partial charge in [-0.15, -0.1) is 0 Å². The van der Waals surface area contributed by atoms with Crippen molar-refractivity contribution in [3.8, 4) is 11.5 Å². The first kappa shape index (κ1) is 23.6. The number of aliphatic hydroxyl groups is 4. The second-order valence-electron chi connectivity index (χ2n) is 7.45. The van der Waals surface area contributed by atoms with Crippen LogP contribution in [0, 0.1) is 6.92 Å². The van der Waals surface area contributed by atoms with Crippen molar-refractivity contribution in [2.75, 3.05) is 31.3 Å². The van der Waals surface area contributed by atoms with Crippen molar-refractivity contribution in [1.29, 1.82) is 0 Å². The summed E-state index contributed by atoms with van der Waals surface area (Å²) in [5.41, 5.74) is 3.96. The van der Waals surface area contributed by atoms with E-state index in [1.165, 1.54) is 0 Å². The molecule has 0 amide bonds. The van der Waals surface area contributed by atoms with Gasteiger partial charge in [0.25, 0.3) is 0 Å². The van der Waals surface area contributed by atoms with Crippen molar-refractivity contribution in [3.05, 3.63) is 78.4 Å². The maximum absolute atomic E-state index is 9.47. The van der Waals surface area contributed by atoms with Crippen LogP contribution in [0.15, 0.2) is 72.8 Å². The van der Waals surface area contributed by atoms with Crippen molar-refractivity contribution >= 4 is 17.1 Å². The highest BCUT2D eigenvalue weighted by Crippen LogP contribution is 2.36. The number of benzene rings is 3. The molecular weight excluding hydrogens is 410 g/mol. The van der Waals surface area contributed by atoms with Gasteiger partial charge < -0.3 is 34.8 Å². The molecule has 0 aliphatic rings. The van der Waals surface area contributed by atoms with E-state index in [0.29, 0.717) is 11.5 Å². The average Bonchev–Trinajstić information content (AvgIpc) is 2.83. The Kier molecular flexibility index (Phi) is 8.47. The second kappa shape index (κ2) is 11.5. The molecule has 2 atom stereocenters. The number of rotatable bonds is 11. The van der Waals surface area contributed by atoms with Crippen LogP contribution in [0.3, 0.4) is 0 Å². The molecule has 3 aromatic carbocycles. The zero-order valence-electron chi connectivity index (χ0n) is 18.0. The first-order valence-corrected chi connectivity index (χ1v) is 10.4. The second-order valence-corrected chi connectivity index (χ2v) is 7.45. The quantitative estimate of drug-likeness (QED) is 0.364. The Morgan fingerprint density at radius 3 is 1.31 bits per heavy atom. The standard InChI is InChI=1S/C25H29NO6/c1-18-2-4-19(5-3-18)26(20-6-10-24(11-7-20)31-16-22(29)14-27)21-8-12-25(13-9-21)32-17-23(30)15-28/h2-13,22-23,27-30H,14-17H2,1H3. The van der Waals surface area contributed by atoms with Crippen molar-refractivity contribution < 1.29 is 29.9 Å². The average molecular weight is 440 g/mol. The number of hydrogen-bond donors (Lipinski definition) is 4. The number of aliphatic hydroxyl groups excluding tert-OH is 4. The zero-order chi connectivity index (χ0) is 22.9. The first-order valence-electron chi connectivity index (χ1n) is 10.4. The largest absolute Gasteiger partial charge is 0.491 e. The van der Waals surface area contributed by atoms with Gasteiger partial charge in [0.1, 0.15) is 36.9 Å². The molecule has 0 heterocycles. The highest BCUT2D eigenvalue weighted by molar-refractivity contribution is 5.77. The van der Waals surface area contributed by atoms with Gasteiger partial charge in [0, 0.05) is 17.1 Å². The molecule has 0 bridgehead atoms. The monoisotopic (exact) mass is 439 g/mol. The first-order chi connectivity index (χ1) is 15.5. The third-order valence-corrected chi connectivity index (χ3v) is 4.79. The van der Waals surface area contributed by atoms with Crippen molar-refractivity contribution in [2.24, 2.45) is 0 Å². The van der Waals surface area contributed by atoms with E-state index in [4.69, 9.17) is 19.7 Å². The Labute approximate surface area is 187 Å². The van der Waals surface area contributed by atoms with E-state index in [1.807, 2.05) is 79.7 Å². The van der Waals surface area contributed by atoms with E-state index in [0.717, 1.165) is 22.6 Å². The summed E-state index contributed by atoms with van der Waals surface area (Å²) in [6.07, 6.45) is -1.84. The summed E-state index contributed by atoms with van der Waals surface area (Å²) < 4.78 is 11.0. The molecule has 2 unspecified atom stereocenters. The highest BCUT2D eigenvalue weighted by Gasteiger charge is 2.13. The predicted molar refractivity (Wildman–Crippen MR) is 123 cm³/mol. The molecule has 0 saturated carbocycles. The van der Waals surface area contributed by atoms with Crippen molar-refractivity contribution in [2.45, 2.75) is 19.1 Å². The van der Waals surface area contributed by atoms with Crippen LogP contribution in [0.4, 0.5) is 17.1 Å². The molecule has 7 heteroatoms. The van der Waals surface area contributed by atoms with E-state index in [2.05, 4.69) is 4.90 Å². The smallest absolute Gasteiger partial charge is 0.119 e. The molecule has 0 aliphatic carbocycles. The van der Waals surface area contributed by atoms with Gasteiger partial charge in [0.15, 0.2) is 0 Å². The Morgan fingerprint density at radius 1 is 0.625 bits per heavy atom. The van der Waals surface area contributed by atoms with Crippen LogP contribution < -0.4 is 14.4 Å². The van der Waals surface area contributed by atoms with Gasteiger partial charge in [-0.3, -0.25) is 0 Å². The molecule has 170 valence electrons. The molecule has 0 aliphatic heterocycles. The zero-order valence-corrected chi connectivity index (χ0v) is 18.0. The summed E-state index contributed by atoms with van der Waals surface area (Å²) in [6, 6.07) is 23.1. The number of nitrogens with zero attached hydrogens (tertiary/aromatic N) is 1. The Balaban J connectivity index is 1.84. The summed E-state index contributed by atoms with van der Waals surface area (Å²) in [5.74, 6) is 1.19. The van der Waals surface area contributed by atoms with Gasteiger partial charge in [0.2, 0.25) is 0 Å². The van der Waals surface area contributed by atoms with Crippen molar-refractivity contribution in [3.63, 3.8) is 0 Å². The van der Waals surface area contributed by atoms with E-state index < -0.39 is 12.2 Å². The molecular formula is C25H29NO6. The van der Waals surface area contributed by atoms with Crippen LogP contribution in [0.2, 0.25) is 0 Å². The van der Waals surface area contributed by atoms with Crippen LogP contribution in [-0.4, -0.2) is 59.1 Å². The van der Waals surface area contributed by atoms with Gasteiger partial charge in [0.05, 0.1) is 13.2 Å². The Hall–Kier alpha value is -3.10. The summed E-state index contributed by atoms with van der Waals surface area (Å²) in [7, 11) is 0. The normalized spacial score (nSPS) is 12.8. The lowest BCUT2D eigenvalue weighted by Crippen LogP contribution is -2.21. The van der Waals surface area contributed by atoms with E-state index in [1.54, 1.807) is 0 Å². The predicted octanol–water partition coefficient (Wildman–Crippen LogP) is 2.93. The van der Waals surface area contributed by atoms with Gasteiger partial charge in [-0.05, 0) is 67.6 Å². The van der Waals surface area contributed by atoms with Gasteiger partial charge >= 0.3 is 0 Å². The number of ether oxygens (including phenoxy) is 2.